The Morgan fingerprint density at radius 1 is 1.10 bits per heavy atom. The van der Waals surface area contributed by atoms with E-state index in [9.17, 15) is 14.4 Å². The molecule has 1 atom stereocenters. The second-order valence-corrected chi connectivity index (χ2v) is 6.76. The fraction of sp³-hybridized carbons (Fsp3) is 0.526. The van der Waals surface area contributed by atoms with Gasteiger partial charge in [0.05, 0.1) is 13.1 Å². The summed E-state index contributed by atoms with van der Waals surface area (Å²) < 4.78 is 5.60. The van der Waals surface area contributed by atoms with Crippen LogP contribution in [0.4, 0.5) is 4.79 Å². The third kappa shape index (κ3) is 7.59. The molecule has 0 radical (unpaired) electrons. The molecule has 4 N–H and O–H groups in total. The maximum absolute atomic E-state index is 12.1. The molecule has 1 aromatic rings. The molecule has 0 aromatic heterocycles. The number of piperazine rings is 1. The third-order valence-corrected chi connectivity index (χ3v) is 4.68. The molecule has 0 saturated carbocycles. The van der Waals surface area contributed by atoms with Crippen LogP contribution in [-0.4, -0.2) is 96.9 Å². The number of ether oxygens (including phenoxy) is 1. The minimum atomic E-state index is -0.896. The third-order valence-electron chi connectivity index (χ3n) is 4.68. The number of likely N-dealkylation sites (N-methyl/N-ethyl adjacent to an activating group) is 1. The topological polar surface area (TPSA) is 131 Å². The standard InChI is InChI=1S/C19H28N4O6/c1-20-16(18(26)27)12-14-2-4-15(5-3-14)29-11-6-21-19(28)23-9-7-22(8-10-23)13-17(24)25/h2-5,16,20H,6-13H2,1H3,(H,21,28)(H,24,25)(H,26,27)/t16-/m1/s1. The molecule has 10 heteroatoms. The van der Waals surface area contributed by atoms with Gasteiger partial charge in [-0.1, -0.05) is 12.1 Å². The maximum Gasteiger partial charge on any atom is 0.321 e. The molecule has 0 unspecified atom stereocenters. The summed E-state index contributed by atoms with van der Waals surface area (Å²) in [6, 6.07) is 6.35. The molecule has 2 amide bonds. The van der Waals surface area contributed by atoms with Crippen molar-refractivity contribution in [3.8, 4) is 5.75 Å². The van der Waals surface area contributed by atoms with Crippen molar-refractivity contribution in [1.29, 1.82) is 0 Å². The highest BCUT2D eigenvalue weighted by atomic mass is 16.5. The number of amides is 2. The van der Waals surface area contributed by atoms with E-state index in [1.165, 1.54) is 0 Å². The van der Waals surface area contributed by atoms with Gasteiger partial charge in [0.1, 0.15) is 18.4 Å². The summed E-state index contributed by atoms with van der Waals surface area (Å²) in [7, 11) is 1.61. The van der Waals surface area contributed by atoms with Crippen molar-refractivity contribution >= 4 is 18.0 Å². The Hall–Kier alpha value is -2.85. The number of nitrogens with zero attached hydrogens (tertiary/aromatic N) is 2. The van der Waals surface area contributed by atoms with Crippen molar-refractivity contribution in [2.24, 2.45) is 0 Å². The zero-order valence-corrected chi connectivity index (χ0v) is 16.5. The van der Waals surface area contributed by atoms with Crippen molar-refractivity contribution in [2.45, 2.75) is 12.5 Å². The van der Waals surface area contributed by atoms with Crippen molar-refractivity contribution in [3.63, 3.8) is 0 Å². The Morgan fingerprint density at radius 3 is 2.31 bits per heavy atom. The maximum atomic E-state index is 12.1. The van der Waals surface area contributed by atoms with E-state index in [0.717, 1.165) is 5.56 Å². The molecule has 1 aliphatic heterocycles. The van der Waals surface area contributed by atoms with Crippen molar-refractivity contribution in [1.82, 2.24) is 20.4 Å². The minimum Gasteiger partial charge on any atom is -0.492 e. The Kier molecular flexibility index (Phi) is 8.68. The monoisotopic (exact) mass is 408 g/mol. The first kappa shape index (κ1) is 22.4. The predicted molar refractivity (Wildman–Crippen MR) is 105 cm³/mol. The van der Waals surface area contributed by atoms with E-state index in [1.54, 1.807) is 29.0 Å². The van der Waals surface area contributed by atoms with Gasteiger partial charge in [-0.2, -0.15) is 0 Å². The van der Waals surface area contributed by atoms with Gasteiger partial charge in [0, 0.05) is 26.2 Å². The number of urea groups is 1. The number of hydrogen-bond donors (Lipinski definition) is 4. The van der Waals surface area contributed by atoms with E-state index in [1.807, 2.05) is 12.1 Å². The Morgan fingerprint density at radius 2 is 1.76 bits per heavy atom. The van der Waals surface area contributed by atoms with Crippen molar-refractivity contribution < 1.29 is 29.3 Å². The van der Waals surface area contributed by atoms with Crippen LogP contribution in [0.2, 0.25) is 0 Å². The van der Waals surface area contributed by atoms with E-state index >= 15 is 0 Å². The van der Waals surface area contributed by atoms with Crippen LogP contribution in [0, 0.1) is 0 Å². The molecule has 29 heavy (non-hydrogen) atoms. The van der Waals surface area contributed by atoms with Gasteiger partial charge in [-0.05, 0) is 31.2 Å². The number of carboxylic acid groups (broad SMARTS) is 2. The zero-order valence-electron chi connectivity index (χ0n) is 16.5. The molecule has 1 aliphatic rings. The summed E-state index contributed by atoms with van der Waals surface area (Å²) in [5.74, 6) is -1.12. The highest BCUT2D eigenvalue weighted by Gasteiger charge is 2.21. The normalized spacial score (nSPS) is 15.6. The van der Waals surface area contributed by atoms with Crippen LogP contribution >= 0.6 is 0 Å². The number of rotatable bonds is 10. The molecule has 160 valence electrons. The summed E-state index contributed by atoms with van der Waals surface area (Å²) >= 11 is 0. The van der Waals surface area contributed by atoms with E-state index in [4.69, 9.17) is 14.9 Å². The van der Waals surface area contributed by atoms with Gasteiger partial charge in [0.15, 0.2) is 0 Å². The predicted octanol–water partition coefficient (Wildman–Crippen LogP) is -0.308. The lowest BCUT2D eigenvalue weighted by molar-refractivity contribution is -0.140. The van der Waals surface area contributed by atoms with E-state index in [0.29, 0.717) is 51.5 Å². The van der Waals surface area contributed by atoms with Crippen molar-refractivity contribution in [3.05, 3.63) is 29.8 Å². The van der Waals surface area contributed by atoms with Crippen LogP contribution in [0.1, 0.15) is 5.56 Å². The number of hydrogen-bond acceptors (Lipinski definition) is 6. The second kappa shape index (κ2) is 11.2. The highest BCUT2D eigenvalue weighted by molar-refractivity contribution is 5.74. The molecule has 1 heterocycles. The molecule has 0 aliphatic carbocycles. The number of nitrogens with one attached hydrogen (secondary N) is 2. The van der Waals surface area contributed by atoms with Gasteiger partial charge in [-0.25, -0.2) is 4.79 Å². The molecule has 10 nitrogen and oxygen atoms in total. The van der Waals surface area contributed by atoms with Crippen LogP contribution in [0.25, 0.3) is 0 Å². The van der Waals surface area contributed by atoms with E-state index in [2.05, 4.69) is 10.6 Å². The molecular formula is C19H28N4O6. The number of aliphatic carboxylic acids is 2. The fourth-order valence-corrected chi connectivity index (χ4v) is 3.01. The lowest BCUT2D eigenvalue weighted by Gasteiger charge is -2.33. The van der Waals surface area contributed by atoms with Gasteiger partial charge in [-0.15, -0.1) is 0 Å². The quantitative estimate of drug-likeness (QED) is 0.388. The summed E-state index contributed by atoms with van der Waals surface area (Å²) in [4.78, 5) is 37.4. The smallest absolute Gasteiger partial charge is 0.321 e. The lowest BCUT2D eigenvalue weighted by atomic mass is 10.1. The minimum absolute atomic E-state index is 0.00594. The van der Waals surface area contributed by atoms with E-state index in [-0.39, 0.29) is 12.6 Å². The first-order chi connectivity index (χ1) is 13.9. The summed E-state index contributed by atoms with van der Waals surface area (Å²) in [6.07, 6.45) is 0.377. The number of benzene rings is 1. The summed E-state index contributed by atoms with van der Waals surface area (Å²) in [5, 5.41) is 23.4. The van der Waals surface area contributed by atoms with Gasteiger partial charge in [-0.3, -0.25) is 14.5 Å². The Labute approximate surface area is 169 Å². The summed E-state index contributed by atoms with van der Waals surface area (Å²) in [5.41, 5.74) is 0.884. The van der Waals surface area contributed by atoms with Gasteiger partial charge in [0.2, 0.25) is 0 Å². The van der Waals surface area contributed by atoms with Gasteiger partial charge < -0.3 is 30.5 Å². The lowest BCUT2D eigenvalue weighted by Crippen LogP contribution is -2.53. The first-order valence-electron chi connectivity index (χ1n) is 9.47. The van der Waals surface area contributed by atoms with Gasteiger partial charge >= 0.3 is 18.0 Å². The number of carboxylic acids is 2. The first-order valence-corrected chi connectivity index (χ1v) is 9.47. The molecule has 1 fully saturated rings. The zero-order chi connectivity index (χ0) is 21.2. The van der Waals surface area contributed by atoms with Crippen LogP contribution < -0.4 is 15.4 Å². The Bertz CT molecular complexity index is 688. The SMILES string of the molecule is CN[C@H](Cc1ccc(OCCNC(=O)N2CCN(CC(=O)O)CC2)cc1)C(=O)O. The van der Waals surface area contributed by atoms with Crippen molar-refractivity contribution in [2.75, 3.05) is 52.9 Å². The molecule has 1 saturated heterocycles. The average molecular weight is 408 g/mol. The molecule has 1 aromatic carbocycles. The number of carbonyl (C=O) groups is 3. The summed E-state index contributed by atoms with van der Waals surface area (Å²) in [6.45, 7) is 2.71. The highest BCUT2D eigenvalue weighted by Crippen LogP contribution is 2.13. The van der Waals surface area contributed by atoms with Gasteiger partial charge in [0.25, 0.3) is 0 Å². The molecule has 0 bridgehead atoms. The second-order valence-electron chi connectivity index (χ2n) is 6.76. The van der Waals surface area contributed by atoms with Crippen LogP contribution in [0.5, 0.6) is 5.75 Å². The number of carbonyl (C=O) groups excluding carboxylic acids is 1. The van der Waals surface area contributed by atoms with E-state index < -0.39 is 18.0 Å². The van der Waals surface area contributed by atoms with Crippen LogP contribution in [-0.2, 0) is 16.0 Å². The molecule has 0 spiro atoms. The fourth-order valence-electron chi connectivity index (χ4n) is 3.01. The largest absolute Gasteiger partial charge is 0.492 e. The van der Waals surface area contributed by atoms with Crippen LogP contribution in [0.3, 0.4) is 0 Å². The van der Waals surface area contributed by atoms with Crippen LogP contribution in [0.15, 0.2) is 24.3 Å². The average Bonchev–Trinajstić information content (AvgIpc) is 2.70. The molecular weight excluding hydrogens is 380 g/mol. The molecule has 2 rings (SSSR count). The Balaban J connectivity index is 1.65.